The van der Waals surface area contributed by atoms with Gasteiger partial charge >= 0.3 is 0 Å². The summed E-state index contributed by atoms with van der Waals surface area (Å²) in [7, 11) is 0. The van der Waals surface area contributed by atoms with Crippen LogP contribution < -0.4 is 5.32 Å². The zero-order valence-corrected chi connectivity index (χ0v) is 18.9. The van der Waals surface area contributed by atoms with Gasteiger partial charge in [-0.05, 0) is 54.8 Å². The van der Waals surface area contributed by atoms with Crippen molar-refractivity contribution in [2.24, 2.45) is 0 Å². The number of aliphatic hydroxyl groups excluding tert-OH is 1. The van der Waals surface area contributed by atoms with Crippen LogP contribution in [0.25, 0.3) is 0 Å². The summed E-state index contributed by atoms with van der Waals surface area (Å²) in [5.41, 5.74) is 4.91. The molecule has 0 atom stereocenters. The molecule has 0 radical (unpaired) electrons. The molecule has 0 aliphatic carbocycles. The second-order valence-corrected chi connectivity index (χ2v) is 8.98. The molecule has 5 nitrogen and oxygen atoms in total. The summed E-state index contributed by atoms with van der Waals surface area (Å²) in [5.74, 6) is -0.834. The van der Waals surface area contributed by atoms with Crippen LogP contribution in [0.3, 0.4) is 0 Å². The van der Waals surface area contributed by atoms with E-state index >= 15 is 0 Å². The van der Waals surface area contributed by atoms with Crippen molar-refractivity contribution < 1.29 is 14.3 Å². The summed E-state index contributed by atoms with van der Waals surface area (Å²) in [5, 5.41) is 16.9. The zero-order chi connectivity index (χ0) is 22.8. The van der Waals surface area contributed by atoms with Gasteiger partial charge in [-0.15, -0.1) is 0 Å². The molecule has 2 aromatic carbocycles. The van der Waals surface area contributed by atoms with E-state index < -0.39 is 5.82 Å². The number of carbonyl (C=O) groups excluding carboxylic acids is 1. The van der Waals surface area contributed by atoms with E-state index in [4.69, 9.17) is 16.7 Å². The van der Waals surface area contributed by atoms with E-state index in [0.717, 1.165) is 22.5 Å². The maximum Gasteiger partial charge on any atom is 0.255 e. The third-order valence-corrected chi connectivity index (χ3v) is 5.42. The lowest BCUT2D eigenvalue weighted by molar-refractivity contribution is 0.102. The average Bonchev–Trinajstić information content (AvgIpc) is 3.02. The van der Waals surface area contributed by atoms with Crippen molar-refractivity contribution in [2.45, 2.75) is 46.1 Å². The Balaban J connectivity index is 1.76. The van der Waals surface area contributed by atoms with E-state index in [1.165, 1.54) is 18.2 Å². The molecule has 2 N–H and O–H groups in total. The molecule has 7 heteroatoms. The normalized spacial score (nSPS) is 11.6. The standard InChI is InChI=1S/C24H27ClFN3O2/c1-15-19(11-12-30)22(24(2,3)4)28-29(15)14-16-5-7-17(8-6-16)23(31)27-18-9-10-21(26)20(25)13-18/h5-10,13,30H,11-12,14H2,1-4H3,(H,27,31). The van der Waals surface area contributed by atoms with Crippen LogP contribution in [-0.4, -0.2) is 27.4 Å². The molecule has 3 rings (SSSR count). The van der Waals surface area contributed by atoms with E-state index in [-0.39, 0.29) is 23.0 Å². The van der Waals surface area contributed by atoms with Crippen LogP contribution in [0.15, 0.2) is 42.5 Å². The average molecular weight is 444 g/mol. The van der Waals surface area contributed by atoms with Gasteiger partial charge in [0.2, 0.25) is 0 Å². The SMILES string of the molecule is Cc1c(CCO)c(C(C)(C)C)nn1Cc1ccc(C(=O)Nc2ccc(F)c(Cl)c2)cc1. The van der Waals surface area contributed by atoms with E-state index in [9.17, 15) is 14.3 Å². The number of nitrogens with one attached hydrogen (secondary N) is 1. The minimum absolute atomic E-state index is 0.0436. The molecule has 0 unspecified atom stereocenters. The van der Waals surface area contributed by atoms with Crippen molar-refractivity contribution >= 4 is 23.2 Å². The Morgan fingerprint density at radius 2 is 1.87 bits per heavy atom. The molecule has 0 saturated carbocycles. The van der Waals surface area contributed by atoms with Gasteiger partial charge in [-0.1, -0.05) is 44.5 Å². The molecule has 1 heterocycles. The molecule has 0 fully saturated rings. The third kappa shape index (κ3) is 5.32. The van der Waals surface area contributed by atoms with Gasteiger partial charge in [-0.25, -0.2) is 4.39 Å². The highest BCUT2D eigenvalue weighted by molar-refractivity contribution is 6.31. The number of aliphatic hydroxyl groups is 1. The summed E-state index contributed by atoms with van der Waals surface area (Å²) in [6.07, 6.45) is 0.574. The van der Waals surface area contributed by atoms with E-state index in [1.54, 1.807) is 12.1 Å². The predicted octanol–water partition coefficient (Wildman–Crippen LogP) is 5.12. The Bertz CT molecular complexity index is 1090. The lowest BCUT2D eigenvalue weighted by Crippen LogP contribution is -2.15. The Morgan fingerprint density at radius 3 is 2.45 bits per heavy atom. The summed E-state index contributed by atoms with van der Waals surface area (Å²) in [6.45, 7) is 9.00. The molecular formula is C24H27ClFN3O2. The number of rotatable bonds is 6. The van der Waals surface area contributed by atoms with Gasteiger partial charge in [0, 0.05) is 29.0 Å². The van der Waals surface area contributed by atoms with Gasteiger partial charge in [-0.3, -0.25) is 9.48 Å². The number of hydrogen-bond acceptors (Lipinski definition) is 3. The number of nitrogens with zero attached hydrogens (tertiary/aromatic N) is 2. The lowest BCUT2D eigenvalue weighted by atomic mass is 9.88. The number of amides is 1. The Morgan fingerprint density at radius 1 is 1.19 bits per heavy atom. The molecule has 1 aromatic heterocycles. The molecule has 164 valence electrons. The van der Waals surface area contributed by atoms with Crippen LogP contribution in [0.2, 0.25) is 5.02 Å². The number of carbonyl (C=O) groups is 1. The fourth-order valence-electron chi connectivity index (χ4n) is 3.46. The van der Waals surface area contributed by atoms with Crippen LogP contribution in [0.5, 0.6) is 0 Å². The first-order chi connectivity index (χ1) is 14.6. The van der Waals surface area contributed by atoms with Crippen LogP contribution >= 0.6 is 11.6 Å². The van der Waals surface area contributed by atoms with Gasteiger partial charge in [0.25, 0.3) is 5.91 Å². The molecule has 0 spiro atoms. The first kappa shape index (κ1) is 23.0. The maximum absolute atomic E-state index is 13.3. The summed E-state index contributed by atoms with van der Waals surface area (Å²) in [4.78, 5) is 12.5. The van der Waals surface area contributed by atoms with E-state index in [0.29, 0.717) is 24.2 Å². The number of halogens is 2. The molecule has 0 bridgehead atoms. The van der Waals surface area contributed by atoms with Crippen molar-refractivity contribution in [3.63, 3.8) is 0 Å². The fraction of sp³-hybridized carbons (Fsp3) is 0.333. The summed E-state index contributed by atoms with van der Waals surface area (Å²) >= 11 is 5.77. The quantitative estimate of drug-likeness (QED) is 0.555. The molecule has 0 aliphatic heterocycles. The van der Waals surface area contributed by atoms with Gasteiger partial charge in [0.15, 0.2) is 0 Å². The van der Waals surface area contributed by atoms with E-state index in [1.807, 2.05) is 23.7 Å². The van der Waals surface area contributed by atoms with Crippen molar-refractivity contribution in [3.8, 4) is 0 Å². The summed E-state index contributed by atoms with van der Waals surface area (Å²) in [6, 6.07) is 11.3. The van der Waals surface area contributed by atoms with Gasteiger partial charge in [-0.2, -0.15) is 5.10 Å². The first-order valence-corrected chi connectivity index (χ1v) is 10.5. The van der Waals surface area contributed by atoms with Crippen LogP contribution in [0.4, 0.5) is 10.1 Å². The highest BCUT2D eigenvalue weighted by Gasteiger charge is 2.24. The lowest BCUT2D eigenvalue weighted by Gasteiger charge is -2.17. The predicted molar refractivity (Wildman–Crippen MR) is 121 cm³/mol. The van der Waals surface area contributed by atoms with Crippen molar-refractivity contribution in [2.75, 3.05) is 11.9 Å². The molecule has 0 aliphatic rings. The van der Waals surface area contributed by atoms with Crippen LogP contribution in [0, 0.1) is 12.7 Å². The van der Waals surface area contributed by atoms with E-state index in [2.05, 4.69) is 26.1 Å². The fourth-order valence-corrected chi connectivity index (χ4v) is 3.64. The van der Waals surface area contributed by atoms with Crippen molar-refractivity contribution in [1.82, 2.24) is 9.78 Å². The van der Waals surface area contributed by atoms with Crippen molar-refractivity contribution in [1.29, 1.82) is 0 Å². The number of anilines is 1. The monoisotopic (exact) mass is 443 g/mol. The number of aromatic nitrogens is 2. The second-order valence-electron chi connectivity index (χ2n) is 8.57. The smallest absolute Gasteiger partial charge is 0.255 e. The van der Waals surface area contributed by atoms with Crippen molar-refractivity contribution in [3.05, 3.63) is 81.4 Å². The minimum Gasteiger partial charge on any atom is -0.396 e. The molecule has 1 amide bonds. The van der Waals surface area contributed by atoms with Gasteiger partial charge in [0.1, 0.15) is 5.82 Å². The third-order valence-electron chi connectivity index (χ3n) is 5.13. The Labute approximate surface area is 186 Å². The second kappa shape index (κ2) is 9.20. The minimum atomic E-state index is -0.533. The zero-order valence-electron chi connectivity index (χ0n) is 18.2. The molecule has 31 heavy (non-hydrogen) atoms. The maximum atomic E-state index is 13.3. The van der Waals surface area contributed by atoms with Gasteiger partial charge < -0.3 is 10.4 Å². The molecule has 3 aromatic rings. The Hall–Kier alpha value is -2.70. The highest BCUT2D eigenvalue weighted by Crippen LogP contribution is 2.28. The largest absolute Gasteiger partial charge is 0.396 e. The molecule has 0 saturated heterocycles. The summed E-state index contributed by atoms with van der Waals surface area (Å²) < 4.78 is 15.2. The van der Waals surface area contributed by atoms with Crippen LogP contribution in [0.1, 0.15) is 53.6 Å². The number of hydrogen-bond donors (Lipinski definition) is 2. The topological polar surface area (TPSA) is 67.2 Å². The highest BCUT2D eigenvalue weighted by atomic mass is 35.5. The molecular weight excluding hydrogens is 417 g/mol. The van der Waals surface area contributed by atoms with Crippen LogP contribution in [-0.2, 0) is 18.4 Å². The first-order valence-electron chi connectivity index (χ1n) is 10.1. The number of benzene rings is 2. The van der Waals surface area contributed by atoms with Gasteiger partial charge in [0.05, 0.1) is 17.3 Å². The Kier molecular flexibility index (Phi) is 6.82.